The van der Waals surface area contributed by atoms with Gasteiger partial charge in [0.15, 0.2) is 6.20 Å². The van der Waals surface area contributed by atoms with E-state index in [9.17, 15) is 24.5 Å². The molecule has 0 aliphatic carbocycles. The first kappa shape index (κ1) is 16.5. The summed E-state index contributed by atoms with van der Waals surface area (Å²) in [5, 5.41) is 22.8. The molecular formula is C16H15FN2O4. The highest BCUT2D eigenvalue weighted by Gasteiger charge is 2.32. The first-order valence-electron chi connectivity index (χ1n) is 7.00. The molecule has 0 aliphatic rings. The predicted molar refractivity (Wildman–Crippen MR) is 79.9 cm³/mol. The van der Waals surface area contributed by atoms with Gasteiger partial charge in [-0.3, -0.25) is 14.9 Å². The minimum Gasteiger partial charge on any atom is -0.618 e. The van der Waals surface area contributed by atoms with Gasteiger partial charge in [0.2, 0.25) is 11.8 Å². The van der Waals surface area contributed by atoms with Crippen LogP contribution in [0.25, 0.3) is 0 Å². The number of carbonyl (C=O) groups is 1. The summed E-state index contributed by atoms with van der Waals surface area (Å²) in [6.07, 6.45) is 0.983. The fraction of sp³-hybridized carbons (Fsp3) is 0.250. The number of hydrogen-bond donors (Lipinski definition) is 0. The van der Waals surface area contributed by atoms with Crippen molar-refractivity contribution in [1.29, 1.82) is 0 Å². The third-order valence-electron chi connectivity index (χ3n) is 3.73. The van der Waals surface area contributed by atoms with Gasteiger partial charge in [-0.05, 0) is 23.8 Å². The number of aromatic nitrogens is 1. The quantitative estimate of drug-likeness (QED) is 0.269. The van der Waals surface area contributed by atoms with Crippen LogP contribution in [0.5, 0.6) is 0 Å². The SMILES string of the molecule is C[C@@H]([C@@H](CC(=O)c1cccc[n+]1[O-])c1ccc(F)cc1)[N+](=O)[O-]. The molecule has 6 nitrogen and oxygen atoms in total. The lowest BCUT2D eigenvalue weighted by Crippen LogP contribution is -2.35. The lowest BCUT2D eigenvalue weighted by molar-refractivity contribution is -0.607. The third-order valence-corrected chi connectivity index (χ3v) is 3.73. The minimum atomic E-state index is -1.05. The summed E-state index contributed by atoms with van der Waals surface area (Å²) in [5.74, 6) is -1.71. The number of pyridine rings is 1. The Morgan fingerprint density at radius 3 is 2.48 bits per heavy atom. The lowest BCUT2D eigenvalue weighted by atomic mass is 9.87. The van der Waals surface area contributed by atoms with Crippen LogP contribution in [0, 0.1) is 21.1 Å². The maximum atomic E-state index is 13.0. The second kappa shape index (κ2) is 6.95. The van der Waals surface area contributed by atoms with Crippen LogP contribution in [0.3, 0.4) is 0 Å². The minimum absolute atomic E-state index is 0.0739. The number of benzene rings is 1. The van der Waals surface area contributed by atoms with Crippen molar-refractivity contribution in [2.24, 2.45) is 0 Å². The molecule has 0 saturated carbocycles. The number of nitrogens with zero attached hydrogens (tertiary/aromatic N) is 2. The Labute approximate surface area is 131 Å². The Bertz CT molecular complexity index is 718. The number of hydrogen-bond acceptors (Lipinski definition) is 4. The van der Waals surface area contributed by atoms with Crippen molar-refractivity contribution in [3.63, 3.8) is 0 Å². The summed E-state index contributed by atoms with van der Waals surface area (Å²) >= 11 is 0. The van der Waals surface area contributed by atoms with Crippen molar-refractivity contribution in [2.75, 3.05) is 0 Å². The van der Waals surface area contributed by atoms with E-state index in [0.717, 1.165) is 0 Å². The van der Waals surface area contributed by atoms with Gasteiger partial charge in [0.25, 0.3) is 5.69 Å². The van der Waals surface area contributed by atoms with Gasteiger partial charge in [0.1, 0.15) is 5.82 Å². The first-order valence-corrected chi connectivity index (χ1v) is 7.00. The molecule has 0 aliphatic heterocycles. The number of halogens is 1. The molecule has 1 heterocycles. The van der Waals surface area contributed by atoms with Gasteiger partial charge in [-0.15, -0.1) is 0 Å². The van der Waals surface area contributed by atoms with Crippen molar-refractivity contribution in [3.8, 4) is 0 Å². The third kappa shape index (κ3) is 3.88. The van der Waals surface area contributed by atoms with E-state index in [4.69, 9.17) is 0 Å². The molecule has 1 aromatic heterocycles. The number of ketones is 1. The zero-order chi connectivity index (χ0) is 17.0. The van der Waals surface area contributed by atoms with E-state index in [-0.39, 0.29) is 12.1 Å². The second-order valence-electron chi connectivity index (χ2n) is 5.22. The Kier molecular flexibility index (Phi) is 5.00. The van der Waals surface area contributed by atoms with Crippen LogP contribution in [0.1, 0.15) is 35.3 Å². The maximum Gasteiger partial charge on any atom is 0.259 e. The molecule has 0 spiro atoms. The highest BCUT2D eigenvalue weighted by atomic mass is 19.1. The zero-order valence-corrected chi connectivity index (χ0v) is 12.4. The predicted octanol–water partition coefficient (Wildman–Crippen LogP) is 2.48. The van der Waals surface area contributed by atoms with E-state index < -0.39 is 28.5 Å². The lowest BCUT2D eigenvalue weighted by Gasteiger charge is -2.17. The standard InChI is InChI=1S/C16H15FN2O4/c1-11(19(22)23)14(12-5-7-13(17)8-6-12)10-16(20)15-4-2-3-9-18(15)21/h2-9,11,14H,10H2,1H3/t11-,14+/m0/s1. The van der Waals surface area contributed by atoms with Crippen LogP contribution >= 0.6 is 0 Å². The monoisotopic (exact) mass is 318 g/mol. The highest BCUT2D eigenvalue weighted by Crippen LogP contribution is 2.27. The topological polar surface area (TPSA) is 87.2 Å². The van der Waals surface area contributed by atoms with Crippen molar-refractivity contribution < 1.29 is 18.8 Å². The Morgan fingerprint density at radius 1 is 1.26 bits per heavy atom. The fourth-order valence-electron chi connectivity index (χ4n) is 2.37. The molecule has 23 heavy (non-hydrogen) atoms. The van der Waals surface area contributed by atoms with Crippen LogP contribution in [0.15, 0.2) is 48.7 Å². The summed E-state index contributed by atoms with van der Waals surface area (Å²) in [4.78, 5) is 23.0. The van der Waals surface area contributed by atoms with E-state index in [0.29, 0.717) is 10.3 Å². The zero-order valence-electron chi connectivity index (χ0n) is 12.4. The normalized spacial score (nSPS) is 13.3. The van der Waals surface area contributed by atoms with E-state index in [1.54, 1.807) is 6.07 Å². The van der Waals surface area contributed by atoms with Gasteiger partial charge in [0.05, 0.1) is 5.92 Å². The summed E-state index contributed by atoms with van der Waals surface area (Å²) in [7, 11) is 0. The van der Waals surface area contributed by atoms with Gasteiger partial charge in [-0.2, -0.15) is 4.73 Å². The summed E-state index contributed by atoms with van der Waals surface area (Å²) in [6, 6.07) is 8.58. The molecular weight excluding hydrogens is 303 g/mol. The fourth-order valence-corrected chi connectivity index (χ4v) is 2.37. The van der Waals surface area contributed by atoms with Crippen molar-refractivity contribution in [2.45, 2.75) is 25.3 Å². The van der Waals surface area contributed by atoms with Gasteiger partial charge in [-0.25, -0.2) is 4.39 Å². The van der Waals surface area contributed by atoms with Crippen molar-refractivity contribution in [1.82, 2.24) is 0 Å². The Morgan fingerprint density at radius 2 is 1.91 bits per heavy atom. The maximum absolute atomic E-state index is 13.0. The Hall–Kier alpha value is -2.83. The second-order valence-corrected chi connectivity index (χ2v) is 5.22. The van der Waals surface area contributed by atoms with E-state index in [1.165, 1.54) is 49.5 Å². The molecule has 2 rings (SSSR count). The molecule has 0 fully saturated rings. The first-order chi connectivity index (χ1) is 10.9. The summed E-state index contributed by atoms with van der Waals surface area (Å²) in [5.41, 5.74) is 0.410. The molecule has 0 radical (unpaired) electrons. The summed E-state index contributed by atoms with van der Waals surface area (Å²) < 4.78 is 13.5. The van der Waals surface area contributed by atoms with Crippen LogP contribution in [0.4, 0.5) is 4.39 Å². The van der Waals surface area contributed by atoms with Gasteiger partial charge in [0, 0.05) is 30.4 Å². The molecule has 0 unspecified atom stereocenters. The largest absolute Gasteiger partial charge is 0.618 e. The molecule has 0 amide bonds. The molecule has 2 aromatic rings. The summed E-state index contributed by atoms with van der Waals surface area (Å²) in [6.45, 7) is 1.39. The van der Waals surface area contributed by atoms with Crippen LogP contribution in [-0.4, -0.2) is 16.7 Å². The molecule has 0 N–H and O–H groups in total. The molecule has 7 heteroatoms. The number of Topliss-reactive ketones (excluding diaryl/α,β-unsaturated/α-hetero) is 1. The Balaban J connectivity index is 2.31. The molecule has 2 atom stereocenters. The van der Waals surface area contributed by atoms with Crippen LogP contribution in [0.2, 0.25) is 0 Å². The smallest absolute Gasteiger partial charge is 0.259 e. The van der Waals surface area contributed by atoms with E-state index in [2.05, 4.69) is 0 Å². The van der Waals surface area contributed by atoms with Crippen molar-refractivity contribution >= 4 is 5.78 Å². The van der Waals surface area contributed by atoms with Gasteiger partial charge < -0.3 is 5.21 Å². The number of rotatable bonds is 6. The van der Waals surface area contributed by atoms with Gasteiger partial charge >= 0.3 is 0 Å². The van der Waals surface area contributed by atoms with E-state index >= 15 is 0 Å². The molecule has 0 saturated heterocycles. The molecule has 1 aromatic carbocycles. The van der Waals surface area contributed by atoms with Crippen molar-refractivity contribution in [3.05, 3.63) is 81.1 Å². The highest BCUT2D eigenvalue weighted by molar-refractivity contribution is 5.93. The number of carbonyl (C=O) groups excluding carboxylic acids is 1. The number of nitro groups is 1. The van der Waals surface area contributed by atoms with E-state index in [1.807, 2.05) is 0 Å². The average molecular weight is 318 g/mol. The van der Waals surface area contributed by atoms with Crippen LogP contribution in [-0.2, 0) is 0 Å². The van der Waals surface area contributed by atoms with Gasteiger partial charge in [-0.1, -0.05) is 12.1 Å². The van der Waals surface area contributed by atoms with Crippen LogP contribution < -0.4 is 4.73 Å². The average Bonchev–Trinajstić information content (AvgIpc) is 2.53. The molecule has 120 valence electrons. The molecule has 0 bridgehead atoms.